The van der Waals surface area contributed by atoms with Gasteiger partial charge in [-0.2, -0.15) is 0 Å². The van der Waals surface area contributed by atoms with Crippen LogP contribution in [0.25, 0.3) is 0 Å². The van der Waals surface area contributed by atoms with Crippen LogP contribution in [0.4, 0.5) is 11.4 Å². The summed E-state index contributed by atoms with van der Waals surface area (Å²) in [5.74, 6) is 0.0671. The molecule has 19 heavy (non-hydrogen) atoms. The highest BCUT2D eigenvalue weighted by atomic mass is 16.1. The van der Waals surface area contributed by atoms with Crippen LogP contribution in [-0.2, 0) is 4.79 Å². The topological polar surface area (TPSA) is 58.4 Å². The summed E-state index contributed by atoms with van der Waals surface area (Å²) in [6.07, 6.45) is 4.06. The molecule has 104 valence electrons. The van der Waals surface area contributed by atoms with Gasteiger partial charge in [-0.25, -0.2) is 0 Å². The number of nitrogens with two attached hydrogens (primary N) is 1. The Kier molecular flexibility index (Phi) is 4.80. The summed E-state index contributed by atoms with van der Waals surface area (Å²) in [5.41, 5.74) is 7.12. The second-order valence-electron chi connectivity index (χ2n) is 5.30. The van der Waals surface area contributed by atoms with Crippen molar-refractivity contribution in [2.24, 2.45) is 0 Å². The Hall–Kier alpha value is -1.55. The lowest BCUT2D eigenvalue weighted by Crippen LogP contribution is -2.28. The molecule has 2 rings (SSSR count). The van der Waals surface area contributed by atoms with Crippen LogP contribution < -0.4 is 11.1 Å². The van der Waals surface area contributed by atoms with Gasteiger partial charge >= 0.3 is 0 Å². The fraction of sp³-hybridized carbons (Fsp3) is 0.533. The molecule has 4 heteroatoms. The summed E-state index contributed by atoms with van der Waals surface area (Å²) in [5, 5.41) is 2.88. The minimum Gasteiger partial charge on any atom is -0.399 e. The molecule has 1 heterocycles. The molecule has 1 aromatic carbocycles. The number of nitrogens with one attached hydrogen (secondary N) is 1. The van der Waals surface area contributed by atoms with Crippen molar-refractivity contribution in [3.8, 4) is 0 Å². The highest BCUT2D eigenvalue weighted by molar-refractivity contribution is 5.91. The number of nitrogen functional groups attached to an aromatic ring is 1. The predicted octanol–water partition coefficient (Wildman–Crippen LogP) is 2.47. The van der Waals surface area contributed by atoms with Crippen molar-refractivity contribution >= 4 is 17.3 Å². The fourth-order valence-electron chi connectivity index (χ4n) is 2.61. The summed E-state index contributed by atoms with van der Waals surface area (Å²) >= 11 is 0. The van der Waals surface area contributed by atoms with Crippen molar-refractivity contribution in [3.05, 3.63) is 24.3 Å². The molecular formula is C15H23N3O. The van der Waals surface area contributed by atoms with Gasteiger partial charge in [-0.3, -0.25) is 4.79 Å². The maximum atomic E-state index is 11.8. The molecule has 1 aromatic rings. The predicted molar refractivity (Wildman–Crippen MR) is 79.0 cm³/mol. The molecule has 0 saturated carbocycles. The SMILES string of the molecule is CC1CCCN1CCCC(=O)Nc1cccc(N)c1. The Morgan fingerprint density at radius 1 is 1.53 bits per heavy atom. The van der Waals surface area contributed by atoms with E-state index < -0.39 is 0 Å². The molecule has 0 aromatic heterocycles. The van der Waals surface area contributed by atoms with Gasteiger partial charge < -0.3 is 16.0 Å². The lowest BCUT2D eigenvalue weighted by Gasteiger charge is -2.20. The van der Waals surface area contributed by atoms with Gasteiger partial charge in [-0.1, -0.05) is 6.07 Å². The highest BCUT2D eigenvalue weighted by Gasteiger charge is 2.19. The van der Waals surface area contributed by atoms with Gasteiger partial charge in [0.05, 0.1) is 0 Å². The number of benzene rings is 1. The van der Waals surface area contributed by atoms with E-state index in [9.17, 15) is 4.79 Å². The van der Waals surface area contributed by atoms with Crippen molar-refractivity contribution in [2.45, 2.75) is 38.6 Å². The molecule has 1 unspecified atom stereocenters. The van der Waals surface area contributed by atoms with Crippen LogP contribution in [0.3, 0.4) is 0 Å². The van der Waals surface area contributed by atoms with Crippen LogP contribution in [0.15, 0.2) is 24.3 Å². The average molecular weight is 261 g/mol. The maximum Gasteiger partial charge on any atom is 0.224 e. The zero-order valence-corrected chi connectivity index (χ0v) is 11.6. The second-order valence-corrected chi connectivity index (χ2v) is 5.30. The first-order valence-corrected chi connectivity index (χ1v) is 7.04. The van der Waals surface area contributed by atoms with E-state index in [1.165, 1.54) is 19.4 Å². The summed E-state index contributed by atoms with van der Waals surface area (Å²) in [6.45, 7) is 4.46. The van der Waals surface area contributed by atoms with Crippen molar-refractivity contribution in [1.29, 1.82) is 0 Å². The van der Waals surface area contributed by atoms with Crippen LogP contribution in [0.1, 0.15) is 32.6 Å². The van der Waals surface area contributed by atoms with Gasteiger partial charge in [0.25, 0.3) is 0 Å². The van der Waals surface area contributed by atoms with Crippen LogP contribution in [0.5, 0.6) is 0 Å². The lowest BCUT2D eigenvalue weighted by atomic mass is 10.2. The number of hydrogen-bond acceptors (Lipinski definition) is 3. The highest BCUT2D eigenvalue weighted by Crippen LogP contribution is 2.17. The van der Waals surface area contributed by atoms with E-state index in [0.717, 1.165) is 18.7 Å². The van der Waals surface area contributed by atoms with Gasteiger partial charge in [-0.05, 0) is 57.5 Å². The van der Waals surface area contributed by atoms with Crippen molar-refractivity contribution in [2.75, 3.05) is 24.1 Å². The van der Waals surface area contributed by atoms with E-state index in [1.54, 1.807) is 6.07 Å². The molecule has 0 aliphatic carbocycles. The number of anilines is 2. The third-order valence-corrected chi connectivity index (χ3v) is 3.71. The van der Waals surface area contributed by atoms with Gasteiger partial charge in [0.2, 0.25) is 5.91 Å². The van der Waals surface area contributed by atoms with Crippen molar-refractivity contribution < 1.29 is 4.79 Å². The third kappa shape index (κ3) is 4.24. The number of carbonyl (C=O) groups is 1. The first-order valence-electron chi connectivity index (χ1n) is 7.04. The molecule has 3 N–H and O–H groups in total. The number of hydrogen-bond donors (Lipinski definition) is 2. The first-order chi connectivity index (χ1) is 9.15. The normalized spacial score (nSPS) is 19.5. The van der Waals surface area contributed by atoms with E-state index in [-0.39, 0.29) is 5.91 Å². The second kappa shape index (κ2) is 6.57. The molecule has 1 atom stereocenters. The van der Waals surface area contributed by atoms with E-state index in [2.05, 4.69) is 17.1 Å². The Bertz CT molecular complexity index is 433. The summed E-state index contributed by atoms with van der Waals surface area (Å²) in [4.78, 5) is 14.3. The summed E-state index contributed by atoms with van der Waals surface area (Å²) in [7, 11) is 0. The zero-order chi connectivity index (χ0) is 13.7. The smallest absolute Gasteiger partial charge is 0.224 e. The molecule has 1 aliphatic rings. The van der Waals surface area contributed by atoms with Gasteiger partial charge in [-0.15, -0.1) is 0 Å². The van der Waals surface area contributed by atoms with Crippen molar-refractivity contribution in [1.82, 2.24) is 4.90 Å². The molecule has 0 radical (unpaired) electrons. The van der Waals surface area contributed by atoms with Crippen LogP contribution in [0, 0.1) is 0 Å². The molecule has 0 spiro atoms. The molecular weight excluding hydrogens is 238 g/mol. The quantitative estimate of drug-likeness (QED) is 0.801. The van der Waals surface area contributed by atoms with Crippen LogP contribution in [-0.4, -0.2) is 29.9 Å². The van der Waals surface area contributed by atoms with Crippen molar-refractivity contribution in [3.63, 3.8) is 0 Å². The van der Waals surface area contributed by atoms with Crippen LogP contribution >= 0.6 is 0 Å². The Balaban J connectivity index is 1.70. The van der Waals surface area contributed by atoms with E-state index in [1.807, 2.05) is 18.2 Å². The number of amides is 1. The Morgan fingerprint density at radius 2 is 2.37 bits per heavy atom. The monoisotopic (exact) mass is 261 g/mol. The number of likely N-dealkylation sites (tertiary alicyclic amines) is 1. The molecule has 1 saturated heterocycles. The Morgan fingerprint density at radius 3 is 3.05 bits per heavy atom. The molecule has 1 fully saturated rings. The molecule has 1 aliphatic heterocycles. The molecule has 0 bridgehead atoms. The summed E-state index contributed by atoms with van der Waals surface area (Å²) < 4.78 is 0. The third-order valence-electron chi connectivity index (χ3n) is 3.71. The van der Waals surface area contributed by atoms with E-state index in [0.29, 0.717) is 18.2 Å². The number of rotatable bonds is 5. The van der Waals surface area contributed by atoms with Gasteiger partial charge in [0.15, 0.2) is 0 Å². The minimum atomic E-state index is 0.0671. The fourth-order valence-corrected chi connectivity index (χ4v) is 2.61. The molecule has 4 nitrogen and oxygen atoms in total. The van der Waals surface area contributed by atoms with Gasteiger partial charge in [0.1, 0.15) is 0 Å². The van der Waals surface area contributed by atoms with Crippen LogP contribution in [0.2, 0.25) is 0 Å². The van der Waals surface area contributed by atoms with E-state index in [4.69, 9.17) is 5.73 Å². The Labute approximate surface area is 115 Å². The van der Waals surface area contributed by atoms with E-state index >= 15 is 0 Å². The maximum absolute atomic E-state index is 11.8. The standard InChI is InChI=1S/C15H23N3O/c1-12-5-3-9-18(12)10-4-8-15(19)17-14-7-2-6-13(16)11-14/h2,6-7,11-12H,3-5,8-10,16H2,1H3,(H,17,19). The summed E-state index contributed by atoms with van der Waals surface area (Å²) in [6, 6.07) is 7.97. The number of nitrogens with zero attached hydrogens (tertiary/aromatic N) is 1. The largest absolute Gasteiger partial charge is 0.399 e. The zero-order valence-electron chi connectivity index (χ0n) is 11.6. The minimum absolute atomic E-state index is 0.0671. The first kappa shape index (κ1) is 13.9. The number of carbonyl (C=O) groups excluding carboxylic acids is 1. The molecule has 1 amide bonds. The van der Waals surface area contributed by atoms with Gasteiger partial charge in [0, 0.05) is 23.8 Å². The average Bonchev–Trinajstić information content (AvgIpc) is 2.75. The lowest BCUT2D eigenvalue weighted by molar-refractivity contribution is -0.116.